The largest absolute Gasteiger partial charge is 0.480 e. The molecule has 8 heteroatoms. The number of carbonyl (C=O) groups is 2. The molecule has 0 saturated carbocycles. The first kappa shape index (κ1) is 16.5. The molecular weight excluding hydrogens is 302 g/mol. The molecule has 1 amide bonds. The monoisotopic (exact) mass is 319 g/mol. The van der Waals surface area contributed by atoms with Gasteiger partial charge in [0.2, 0.25) is 5.71 Å². The lowest BCUT2D eigenvalue weighted by Gasteiger charge is -2.12. The van der Waals surface area contributed by atoms with Crippen LogP contribution in [0.1, 0.15) is 29.5 Å². The van der Waals surface area contributed by atoms with Crippen molar-refractivity contribution in [3.05, 3.63) is 40.2 Å². The van der Waals surface area contributed by atoms with E-state index in [0.29, 0.717) is 0 Å². The number of carboxylic acid groups (broad SMARTS) is 1. The topological polar surface area (TPSA) is 114 Å². The highest BCUT2D eigenvalue weighted by Crippen LogP contribution is 2.20. The predicted molar refractivity (Wildman–Crippen MR) is 82.3 cm³/mol. The van der Waals surface area contributed by atoms with Crippen molar-refractivity contribution in [2.75, 3.05) is 0 Å². The van der Waals surface area contributed by atoms with Crippen LogP contribution in [0.3, 0.4) is 0 Å². The molecule has 2 aromatic heterocycles. The summed E-state index contributed by atoms with van der Waals surface area (Å²) >= 11 is 0. The number of fused-ring (bicyclic) bond motifs is 1. The van der Waals surface area contributed by atoms with Gasteiger partial charge in [0, 0.05) is 7.05 Å². The van der Waals surface area contributed by atoms with Crippen LogP contribution >= 0.6 is 0 Å². The lowest BCUT2D eigenvalue weighted by molar-refractivity contribution is -0.139. The van der Waals surface area contributed by atoms with Crippen molar-refractivity contribution < 1.29 is 19.1 Å². The molecule has 0 saturated heterocycles. The maximum Gasteiger partial charge on any atom is 0.326 e. The van der Waals surface area contributed by atoms with Crippen molar-refractivity contribution in [3.8, 4) is 0 Å². The van der Waals surface area contributed by atoms with Crippen LogP contribution in [-0.2, 0) is 11.8 Å². The fraction of sp³-hybridized carbons (Fsp3) is 0.333. The molecule has 2 rings (SSSR count). The molecule has 0 aromatic carbocycles. The van der Waals surface area contributed by atoms with Crippen LogP contribution in [-0.4, -0.2) is 32.6 Å². The van der Waals surface area contributed by atoms with Crippen molar-refractivity contribution in [3.63, 3.8) is 0 Å². The summed E-state index contributed by atoms with van der Waals surface area (Å²) in [5.41, 5.74) is -0.367. The van der Waals surface area contributed by atoms with E-state index in [9.17, 15) is 19.5 Å². The van der Waals surface area contributed by atoms with Gasteiger partial charge in [0.1, 0.15) is 23.5 Å². The summed E-state index contributed by atoms with van der Waals surface area (Å²) in [7, 11) is 1.50. The molecule has 1 unspecified atom stereocenters. The number of aliphatic carboxylic acids is 1. The minimum atomic E-state index is -1.16. The highest BCUT2D eigenvalue weighted by atomic mass is 16.4. The average Bonchev–Trinajstić information content (AvgIpc) is 2.84. The number of amides is 1. The molecule has 0 bridgehead atoms. The highest BCUT2D eigenvalue weighted by molar-refractivity contribution is 6.07. The van der Waals surface area contributed by atoms with E-state index in [0.717, 1.165) is 0 Å². The lowest BCUT2D eigenvalue weighted by Crippen LogP contribution is -2.40. The Bertz CT molecular complexity index is 847. The number of nitrogens with one attached hydrogen (secondary N) is 1. The van der Waals surface area contributed by atoms with Crippen LogP contribution < -0.4 is 10.9 Å². The Balaban J connectivity index is 2.45. The van der Waals surface area contributed by atoms with Gasteiger partial charge >= 0.3 is 5.97 Å². The van der Waals surface area contributed by atoms with E-state index in [1.807, 2.05) is 0 Å². The average molecular weight is 319 g/mol. The SMILES string of the molecule is C/C=C/CC(NC(=O)c1c(C)oc2ncn(C)c(=O)c12)C(=O)O. The Kier molecular flexibility index (Phi) is 4.63. The van der Waals surface area contributed by atoms with Gasteiger partial charge in [0.15, 0.2) is 0 Å². The van der Waals surface area contributed by atoms with Crippen LogP contribution in [0, 0.1) is 6.92 Å². The first-order valence-electron chi connectivity index (χ1n) is 6.96. The third kappa shape index (κ3) is 3.15. The van der Waals surface area contributed by atoms with Crippen molar-refractivity contribution in [2.45, 2.75) is 26.3 Å². The summed E-state index contributed by atoms with van der Waals surface area (Å²) in [4.78, 5) is 39.8. The molecule has 23 heavy (non-hydrogen) atoms. The molecule has 0 radical (unpaired) electrons. The zero-order chi connectivity index (χ0) is 17.1. The number of nitrogens with zero attached hydrogens (tertiary/aromatic N) is 2. The molecule has 2 heterocycles. The minimum Gasteiger partial charge on any atom is -0.480 e. The number of aromatic nitrogens is 2. The molecule has 0 aliphatic heterocycles. The molecule has 122 valence electrons. The van der Waals surface area contributed by atoms with E-state index >= 15 is 0 Å². The first-order chi connectivity index (χ1) is 10.9. The van der Waals surface area contributed by atoms with Gasteiger partial charge in [-0.1, -0.05) is 12.2 Å². The van der Waals surface area contributed by atoms with Gasteiger partial charge in [-0.05, 0) is 20.3 Å². The maximum atomic E-state index is 12.4. The van der Waals surface area contributed by atoms with Gasteiger partial charge in [-0.15, -0.1) is 0 Å². The number of hydrogen-bond donors (Lipinski definition) is 2. The Morgan fingerprint density at radius 1 is 1.52 bits per heavy atom. The van der Waals surface area contributed by atoms with Crippen molar-refractivity contribution in [2.24, 2.45) is 7.05 Å². The Morgan fingerprint density at radius 2 is 2.22 bits per heavy atom. The molecular formula is C15H17N3O5. The normalized spacial score (nSPS) is 12.7. The van der Waals surface area contributed by atoms with Crippen LogP contribution in [0.5, 0.6) is 0 Å². The summed E-state index contributed by atoms with van der Waals surface area (Å²) in [6.07, 6.45) is 4.77. The fourth-order valence-corrected chi connectivity index (χ4v) is 2.18. The molecule has 2 N–H and O–H groups in total. The minimum absolute atomic E-state index is 0.0143. The smallest absolute Gasteiger partial charge is 0.326 e. The molecule has 0 aliphatic carbocycles. The summed E-state index contributed by atoms with van der Waals surface area (Å²) in [5, 5.41) is 11.6. The van der Waals surface area contributed by atoms with Gasteiger partial charge in [-0.3, -0.25) is 9.59 Å². The number of furan rings is 1. The van der Waals surface area contributed by atoms with Gasteiger partial charge < -0.3 is 19.4 Å². The lowest BCUT2D eigenvalue weighted by atomic mass is 10.1. The number of carboxylic acids is 1. The van der Waals surface area contributed by atoms with Crippen LogP contribution in [0.4, 0.5) is 0 Å². The van der Waals surface area contributed by atoms with Crippen molar-refractivity contribution in [1.82, 2.24) is 14.9 Å². The maximum absolute atomic E-state index is 12.4. The molecule has 0 fully saturated rings. The first-order valence-corrected chi connectivity index (χ1v) is 6.96. The molecule has 0 spiro atoms. The van der Waals surface area contributed by atoms with E-state index in [2.05, 4.69) is 10.3 Å². The number of allylic oxidation sites excluding steroid dienone is 1. The van der Waals surface area contributed by atoms with E-state index in [1.54, 1.807) is 19.1 Å². The summed E-state index contributed by atoms with van der Waals surface area (Å²) in [6.45, 7) is 3.28. The highest BCUT2D eigenvalue weighted by Gasteiger charge is 2.26. The number of hydrogen-bond acceptors (Lipinski definition) is 5. The third-order valence-electron chi connectivity index (χ3n) is 3.39. The fourth-order valence-electron chi connectivity index (χ4n) is 2.18. The van der Waals surface area contributed by atoms with Crippen molar-refractivity contribution >= 4 is 23.0 Å². The summed E-state index contributed by atoms with van der Waals surface area (Å²) < 4.78 is 6.56. The number of carbonyl (C=O) groups excluding carboxylic acids is 1. The Labute approximate surface area is 131 Å². The number of aryl methyl sites for hydroxylation is 2. The standard InChI is InChI=1S/C15H17N3O5/c1-4-5-6-9(15(21)22)17-12(19)10-8(2)23-13-11(10)14(20)18(3)7-16-13/h4-5,7,9H,6H2,1-3H3,(H,17,19)(H,21,22)/b5-4+. The molecule has 1 atom stereocenters. The Hall–Kier alpha value is -2.90. The quantitative estimate of drug-likeness (QED) is 0.794. The predicted octanol–water partition coefficient (Wildman–Crippen LogP) is 0.984. The van der Waals surface area contributed by atoms with Crippen LogP contribution in [0.25, 0.3) is 11.1 Å². The van der Waals surface area contributed by atoms with Crippen LogP contribution in [0.15, 0.2) is 27.7 Å². The third-order valence-corrected chi connectivity index (χ3v) is 3.39. The van der Waals surface area contributed by atoms with E-state index < -0.39 is 23.5 Å². The van der Waals surface area contributed by atoms with Crippen molar-refractivity contribution in [1.29, 1.82) is 0 Å². The van der Waals surface area contributed by atoms with Gasteiger partial charge in [-0.2, -0.15) is 0 Å². The second-order valence-electron chi connectivity index (χ2n) is 5.04. The Morgan fingerprint density at radius 3 is 2.83 bits per heavy atom. The second-order valence-corrected chi connectivity index (χ2v) is 5.04. The van der Waals surface area contributed by atoms with Gasteiger partial charge in [0.25, 0.3) is 11.5 Å². The van der Waals surface area contributed by atoms with Gasteiger partial charge in [-0.25, -0.2) is 9.78 Å². The molecule has 8 nitrogen and oxygen atoms in total. The van der Waals surface area contributed by atoms with E-state index in [1.165, 1.54) is 24.9 Å². The van der Waals surface area contributed by atoms with E-state index in [-0.39, 0.29) is 28.8 Å². The summed E-state index contributed by atoms with van der Waals surface area (Å²) in [5.74, 6) is -1.63. The molecule has 0 aliphatic rings. The zero-order valence-corrected chi connectivity index (χ0v) is 13.0. The van der Waals surface area contributed by atoms with E-state index in [4.69, 9.17) is 4.42 Å². The van der Waals surface area contributed by atoms with Crippen LogP contribution in [0.2, 0.25) is 0 Å². The van der Waals surface area contributed by atoms with Gasteiger partial charge in [0.05, 0.1) is 5.56 Å². The zero-order valence-electron chi connectivity index (χ0n) is 13.0. The molecule has 2 aromatic rings. The summed E-state index contributed by atoms with van der Waals surface area (Å²) in [6, 6.07) is -1.09. The second kappa shape index (κ2) is 6.47. The number of rotatable bonds is 5.